The fraction of sp³-hybridized carbons (Fsp3) is 0.400. The molecule has 1 aromatic carbocycles. The van der Waals surface area contributed by atoms with Crippen molar-refractivity contribution in [1.82, 2.24) is 9.78 Å². The third-order valence-electron chi connectivity index (χ3n) is 3.58. The lowest BCUT2D eigenvalue weighted by Gasteiger charge is -2.09. The molecule has 0 spiro atoms. The van der Waals surface area contributed by atoms with Crippen LogP contribution in [0.15, 0.2) is 30.6 Å². The molecule has 3 rings (SSSR count). The molecule has 4 nitrogen and oxygen atoms in total. The predicted octanol–water partition coefficient (Wildman–Crippen LogP) is 3.98. The highest BCUT2D eigenvalue weighted by molar-refractivity contribution is 6.36. The van der Waals surface area contributed by atoms with Crippen molar-refractivity contribution < 1.29 is 4.74 Å². The predicted molar refractivity (Wildman–Crippen MR) is 85.0 cm³/mol. The number of aromatic nitrogens is 2. The van der Waals surface area contributed by atoms with Crippen LogP contribution >= 0.6 is 23.2 Å². The number of halogens is 2. The number of nitrogens with one attached hydrogen (secondary N) is 1. The number of rotatable bonds is 5. The summed E-state index contributed by atoms with van der Waals surface area (Å²) in [5.41, 5.74) is 1.84. The van der Waals surface area contributed by atoms with Crippen molar-refractivity contribution in [2.75, 3.05) is 11.9 Å². The van der Waals surface area contributed by atoms with E-state index in [9.17, 15) is 0 Å². The van der Waals surface area contributed by atoms with Crippen LogP contribution in [-0.2, 0) is 17.8 Å². The van der Waals surface area contributed by atoms with Gasteiger partial charge in [0.25, 0.3) is 0 Å². The molecule has 2 aromatic rings. The minimum Gasteiger partial charge on any atom is -0.378 e. The van der Waals surface area contributed by atoms with E-state index in [-0.39, 0.29) is 6.10 Å². The number of nitrogens with zero attached hydrogens (tertiary/aromatic N) is 2. The van der Waals surface area contributed by atoms with Gasteiger partial charge in [0, 0.05) is 35.0 Å². The summed E-state index contributed by atoms with van der Waals surface area (Å²) in [6.07, 6.45) is 6.32. The SMILES string of the molecule is Clc1cccc(Cl)c1CNc1cnn(CC2CCCO2)c1. The molecular weight excluding hydrogens is 309 g/mol. The summed E-state index contributed by atoms with van der Waals surface area (Å²) in [6, 6.07) is 5.52. The number of benzene rings is 1. The quantitative estimate of drug-likeness (QED) is 0.903. The summed E-state index contributed by atoms with van der Waals surface area (Å²) in [5.74, 6) is 0. The van der Waals surface area contributed by atoms with E-state index in [0.29, 0.717) is 16.6 Å². The second-order valence-electron chi connectivity index (χ2n) is 5.14. The third-order valence-corrected chi connectivity index (χ3v) is 4.29. The van der Waals surface area contributed by atoms with Crippen LogP contribution in [0.1, 0.15) is 18.4 Å². The first-order valence-electron chi connectivity index (χ1n) is 7.03. The van der Waals surface area contributed by atoms with E-state index in [4.69, 9.17) is 27.9 Å². The Morgan fingerprint density at radius 1 is 1.33 bits per heavy atom. The molecule has 112 valence electrons. The lowest BCUT2D eigenvalue weighted by Crippen LogP contribution is -2.15. The maximum Gasteiger partial charge on any atom is 0.0771 e. The zero-order chi connectivity index (χ0) is 14.7. The lowest BCUT2D eigenvalue weighted by molar-refractivity contribution is 0.0940. The molecular formula is C15H17Cl2N3O. The van der Waals surface area contributed by atoms with Gasteiger partial charge in [-0.2, -0.15) is 5.10 Å². The summed E-state index contributed by atoms with van der Waals surface area (Å²) in [5, 5.41) is 8.98. The van der Waals surface area contributed by atoms with Crippen LogP contribution in [0.25, 0.3) is 0 Å². The molecule has 1 aliphatic heterocycles. The van der Waals surface area contributed by atoms with E-state index in [0.717, 1.165) is 37.2 Å². The molecule has 0 bridgehead atoms. The topological polar surface area (TPSA) is 39.1 Å². The smallest absolute Gasteiger partial charge is 0.0771 e. The minimum atomic E-state index is 0.288. The monoisotopic (exact) mass is 325 g/mol. The molecule has 6 heteroatoms. The van der Waals surface area contributed by atoms with Gasteiger partial charge in [-0.05, 0) is 25.0 Å². The van der Waals surface area contributed by atoms with Crippen molar-refractivity contribution in [3.8, 4) is 0 Å². The Labute approximate surface area is 134 Å². The zero-order valence-electron chi connectivity index (χ0n) is 11.6. The summed E-state index contributed by atoms with van der Waals surface area (Å²) < 4.78 is 7.52. The number of hydrogen-bond donors (Lipinski definition) is 1. The van der Waals surface area contributed by atoms with Crippen LogP contribution in [0.4, 0.5) is 5.69 Å². The van der Waals surface area contributed by atoms with Crippen molar-refractivity contribution in [3.63, 3.8) is 0 Å². The Hall–Kier alpha value is -1.23. The van der Waals surface area contributed by atoms with Crippen molar-refractivity contribution in [2.45, 2.75) is 32.0 Å². The third kappa shape index (κ3) is 3.70. The summed E-state index contributed by atoms with van der Waals surface area (Å²) in [7, 11) is 0. The van der Waals surface area contributed by atoms with Gasteiger partial charge in [0.2, 0.25) is 0 Å². The van der Waals surface area contributed by atoms with Gasteiger partial charge in [0.05, 0.1) is 24.5 Å². The Balaban J connectivity index is 1.59. The van der Waals surface area contributed by atoms with E-state index < -0.39 is 0 Å². The first-order valence-corrected chi connectivity index (χ1v) is 7.79. The van der Waals surface area contributed by atoms with Crippen molar-refractivity contribution in [2.24, 2.45) is 0 Å². The maximum absolute atomic E-state index is 6.15. The van der Waals surface area contributed by atoms with Crippen LogP contribution < -0.4 is 5.32 Å². The molecule has 21 heavy (non-hydrogen) atoms. The van der Waals surface area contributed by atoms with E-state index in [2.05, 4.69) is 10.4 Å². The minimum absolute atomic E-state index is 0.288. The van der Waals surface area contributed by atoms with Gasteiger partial charge < -0.3 is 10.1 Å². The molecule has 0 amide bonds. The normalized spacial score (nSPS) is 18.1. The Bertz CT molecular complexity index is 588. The molecule has 1 aliphatic rings. The first-order chi connectivity index (χ1) is 10.2. The van der Waals surface area contributed by atoms with Crippen LogP contribution in [0, 0.1) is 0 Å². The lowest BCUT2D eigenvalue weighted by atomic mass is 10.2. The highest BCUT2D eigenvalue weighted by Gasteiger charge is 2.16. The second kappa shape index (κ2) is 6.69. The van der Waals surface area contributed by atoms with Gasteiger partial charge in [0.15, 0.2) is 0 Å². The molecule has 1 atom stereocenters. The van der Waals surface area contributed by atoms with Gasteiger partial charge in [0.1, 0.15) is 0 Å². The second-order valence-corrected chi connectivity index (χ2v) is 5.95. The van der Waals surface area contributed by atoms with Crippen molar-refractivity contribution in [3.05, 3.63) is 46.2 Å². The maximum atomic E-state index is 6.15. The molecule has 0 radical (unpaired) electrons. The van der Waals surface area contributed by atoms with Gasteiger partial charge in [-0.3, -0.25) is 4.68 Å². The average molecular weight is 326 g/mol. The van der Waals surface area contributed by atoms with E-state index in [1.807, 2.05) is 29.1 Å². The highest BCUT2D eigenvalue weighted by Crippen LogP contribution is 2.25. The molecule has 0 aliphatic carbocycles. The first kappa shape index (κ1) is 14.7. The van der Waals surface area contributed by atoms with Crippen LogP contribution in [0.5, 0.6) is 0 Å². The van der Waals surface area contributed by atoms with E-state index in [1.165, 1.54) is 0 Å². The zero-order valence-corrected chi connectivity index (χ0v) is 13.1. The molecule has 1 saturated heterocycles. The summed E-state index contributed by atoms with van der Waals surface area (Å²) in [4.78, 5) is 0. The van der Waals surface area contributed by atoms with Gasteiger partial charge in [-0.15, -0.1) is 0 Å². The van der Waals surface area contributed by atoms with Crippen LogP contribution in [0.2, 0.25) is 10.0 Å². The fourth-order valence-electron chi connectivity index (χ4n) is 2.44. The Morgan fingerprint density at radius 3 is 2.86 bits per heavy atom. The highest BCUT2D eigenvalue weighted by atomic mass is 35.5. The van der Waals surface area contributed by atoms with Gasteiger partial charge in [-0.1, -0.05) is 29.3 Å². The van der Waals surface area contributed by atoms with Crippen LogP contribution in [0.3, 0.4) is 0 Å². The Kier molecular flexibility index (Phi) is 4.68. The summed E-state index contributed by atoms with van der Waals surface area (Å²) in [6.45, 7) is 2.24. The molecule has 1 fully saturated rings. The molecule has 1 unspecified atom stereocenters. The van der Waals surface area contributed by atoms with E-state index >= 15 is 0 Å². The standard InChI is InChI=1S/C15H17Cl2N3O/c16-14-4-1-5-15(17)13(14)8-18-11-7-19-20(9-11)10-12-3-2-6-21-12/h1,4-5,7,9,12,18H,2-3,6,8,10H2. The van der Waals surface area contributed by atoms with Crippen molar-refractivity contribution >= 4 is 28.9 Å². The van der Waals surface area contributed by atoms with Gasteiger partial charge in [-0.25, -0.2) is 0 Å². The molecule has 1 N–H and O–H groups in total. The number of ether oxygens (including phenoxy) is 1. The largest absolute Gasteiger partial charge is 0.378 e. The Morgan fingerprint density at radius 2 is 2.14 bits per heavy atom. The van der Waals surface area contributed by atoms with Crippen molar-refractivity contribution in [1.29, 1.82) is 0 Å². The van der Waals surface area contributed by atoms with E-state index in [1.54, 1.807) is 6.20 Å². The summed E-state index contributed by atoms with van der Waals surface area (Å²) >= 11 is 12.3. The fourth-order valence-corrected chi connectivity index (χ4v) is 2.97. The molecule has 1 aromatic heterocycles. The van der Waals surface area contributed by atoms with Crippen LogP contribution in [-0.4, -0.2) is 22.5 Å². The average Bonchev–Trinajstić information content (AvgIpc) is 3.11. The van der Waals surface area contributed by atoms with Gasteiger partial charge >= 0.3 is 0 Å². The molecule has 2 heterocycles. The number of hydrogen-bond acceptors (Lipinski definition) is 3. The molecule has 0 saturated carbocycles. The number of anilines is 1.